The third kappa shape index (κ3) is 3.95. The molecule has 0 heterocycles. The minimum atomic E-state index is -0.409. The van der Waals surface area contributed by atoms with Crippen LogP contribution in [0, 0.1) is 17.0 Å². The molecule has 0 aliphatic rings. The van der Waals surface area contributed by atoms with Crippen molar-refractivity contribution < 1.29 is 9.66 Å². The Balaban J connectivity index is 1.87. The Labute approximate surface area is 117 Å². The summed E-state index contributed by atoms with van der Waals surface area (Å²) in [6, 6.07) is 14.2. The van der Waals surface area contributed by atoms with Gasteiger partial charge in [-0.15, -0.1) is 0 Å². The molecule has 0 unspecified atom stereocenters. The van der Waals surface area contributed by atoms with E-state index in [9.17, 15) is 10.1 Å². The number of benzene rings is 2. The highest BCUT2D eigenvalue weighted by molar-refractivity contribution is 5.51. The monoisotopic (exact) mass is 269 g/mol. The van der Waals surface area contributed by atoms with Crippen LogP contribution in [0.3, 0.4) is 0 Å². The van der Waals surface area contributed by atoms with Gasteiger partial charge in [0.25, 0.3) is 5.69 Å². The van der Waals surface area contributed by atoms with E-state index in [4.69, 9.17) is 4.74 Å². The van der Waals surface area contributed by atoms with Crippen LogP contribution in [0.25, 0.3) is 6.08 Å². The fourth-order valence-electron chi connectivity index (χ4n) is 1.67. The third-order valence-corrected chi connectivity index (χ3v) is 2.78. The molecule has 2 rings (SSSR count). The van der Waals surface area contributed by atoms with Crippen molar-refractivity contribution in [3.63, 3.8) is 0 Å². The second kappa shape index (κ2) is 6.52. The lowest BCUT2D eigenvalue weighted by Crippen LogP contribution is -1.93. The fourth-order valence-corrected chi connectivity index (χ4v) is 1.67. The van der Waals surface area contributed by atoms with E-state index in [1.807, 2.05) is 43.3 Å². The van der Waals surface area contributed by atoms with Crippen LogP contribution < -0.4 is 4.74 Å². The molecular formula is C16H15NO3. The van der Waals surface area contributed by atoms with Crippen LogP contribution in [-0.2, 0) is 0 Å². The van der Waals surface area contributed by atoms with Crippen LogP contribution in [0.15, 0.2) is 54.6 Å². The highest BCUT2D eigenvalue weighted by Crippen LogP contribution is 2.14. The van der Waals surface area contributed by atoms with Gasteiger partial charge in [0.15, 0.2) is 0 Å². The van der Waals surface area contributed by atoms with Gasteiger partial charge in [0.05, 0.1) is 4.92 Å². The summed E-state index contributed by atoms with van der Waals surface area (Å²) in [5.41, 5.74) is 2.19. The van der Waals surface area contributed by atoms with Gasteiger partial charge >= 0.3 is 0 Å². The highest BCUT2D eigenvalue weighted by atomic mass is 16.6. The van der Waals surface area contributed by atoms with Gasteiger partial charge in [-0.1, -0.05) is 23.8 Å². The first-order valence-electron chi connectivity index (χ1n) is 6.25. The predicted octanol–water partition coefficient (Wildman–Crippen LogP) is 4.00. The SMILES string of the molecule is Cc1ccc(OCC=Cc2ccc([N+](=O)[O-])cc2)cc1. The van der Waals surface area contributed by atoms with Crippen LogP contribution in [0.2, 0.25) is 0 Å². The van der Waals surface area contributed by atoms with Gasteiger partial charge < -0.3 is 4.74 Å². The quantitative estimate of drug-likeness (QED) is 0.609. The molecule has 0 amide bonds. The van der Waals surface area contributed by atoms with Gasteiger partial charge in [-0.25, -0.2) is 0 Å². The molecule has 0 spiro atoms. The van der Waals surface area contributed by atoms with Crippen molar-refractivity contribution in [2.75, 3.05) is 6.61 Å². The molecule has 4 nitrogen and oxygen atoms in total. The van der Waals surface area contributed by atoms with Crippen molar-refractivity contribution in [1.29, 1.82) is 0 Å². The summed E-state index contributed by atoms with van der Waals surface area (Å²) in [5, 5.41) is 10.5. The number of aryl methyl sites for hydroxylation is 1. The number of rotatable bonds is 5. The summed E-state index contributed by atoms with van der Waals surface area (Å²) in [5.74, 6) is 0.823. The molecule has 0 radical (unpaired) electrons. The lowest BCUT2D eigenvalue weighted by molar-refractivity contribution is -0.384. The molecule has 0 aliphatic heterocycles. The Hall–Kier alpha value is -2.62. The summed E-state index contributed by atoms with van der Waals surface area (Å²) in [4.78, 5) is 10.1. The Kier molecular flexibility index (Phi) is 4.50. The lowest BCUT2D eigenvalue weighted by Gasteiger charge is -2.02. The Morgan fingerprint density at radius 2 is 1.75 bits per heavy atom. The summed E-state index contributed by atoms with van der Waals surface area (Å²) in [6.45, 7) is 2.48. The van der Waals surface area contributed by atoms with Crippen molar-refractivity contribution in [3.8, 4) is 5.75 Å². The highest BCUT2D eigenvalue weighted by Gasteiger charge is 2.01. The van der Waals surface area contributed by atoms with Crippen LogP contribution in [0.4, 0.5) is 5.69 Å². The average Bonchev–Trinajstić information content (AvgIpc) is 2.46. The molecule has 4 heteroatoms. The normalized spacial score (nSPS) is 10.7. The van der Waals surface area contributed by atoms with Gasteiger partial charge in [0, 0.05) is 12.1 Å². The van der Waals surface area contributed by atoms with Crippen molar-refractivity contribution in [3.05, 3.63) is 75.8 Å². The molecule has 2 aromatic carbocycles. The molecule has 0 N–H and O–H groups in total. The Morgan fingerprint density at radius 1 is 1.10 bits per heavy atom. The molecule has 2 aromatic rings. The maximum absolute atomic E-state index is 10.5. The standard InChI is InChI=1S/C16H15NO3/c1-13-4-10-16(11-5-13)20-12-2-3-14-6-8-15(9-7-14)17(18)19/h2-11H,12H2,1H3. The Bertz CT molecular complexity index is 601. The van der Waals surface area contributed by atoms with E-state index in [2.05, 4.69) is 0 Å². The number of nitro groups is 1. The zero-order chi connectivity index (χ0) is 14.4. The smallest absolute Gasteiger partial charge is 0.269 e. The second-order valence-corrected chi connectivity index (χ2v) is 4.38. The van der Waals surface area contributed by atoms with Crippen molar-refractivity contribution >= 4 is 11.8 Å². The van der Waals surface area contributed by atoms with Gasteiger partial charge in [-0.3, -0.25) is 10.1 Å². The summed E-state index contributed by atoms with van der Waals surface area (Å²) in [7, 11) is 0. The zero-order valence-electron chi connectivity index (χ0n) is 11.2. The second-order valence-electron chi connectivity index (χ2n) is 4.38. The third-order valence-electron chi connectivity index (χ3n) is 2.78. The molecule has 20 heavy (non-hydrogen) atoms. The number of hydrogen-bond acceptors (Lipinski definition) is 3. The van der Waals surface area contributed by atoms with Crippen molar-refractivity contribution in [2.45, 2.75) is 6.92 Å². The van der Waals surface area contributed by atoms with Crippen molar-refractivity contribution in [2.24, 2.45) is 0 Å². The maximum Gasteiger partial charge on any atom is 0.269 e. The number of nitro benzene ring substituents is 1. The molecule has 0 aromatic heterocycles. The lowest BCUT2D eigenvalue weighted by atomic mass is 10.2. The average molecular weight is 269 g/mol. The van der Waals surface area contributed by atoms with Gasteiger partial charge in [0.2, 0.25) is 0 Å². The van der Waals surface area contributed by atoms with E-state index < -0.39 is 4.92 Å². The topological polar surface area (TPSA) is 52.4 Å². The summed E-state index contributed by atoms with van der Waals surface area (Å²) >= 11 is 0. The van der Waals surface area contributed by atoms with Crippen LogP contribution in [0.5, 0.6) is 5.75 Å². The van der Waals surface area contributed by atoms with Crippen LogP contribution >= 0.6 is 0 Å². The van der Waals surface area contributed by atoms with E-state index in [1.165, 1.54) is 17.7 Å². The molecule has 0 saturated carbocycles. The van der Waals surface area contributed by atoms with E-state index in [0.717, 1.165) is 11.3 Å². The minimum Gasteiger partial charge on any atom is -0.490 e. The van der Waals surface area contributed by atoms with Gasteiger partial charge in [-0.05, 0) is 42.8 Å². The maximum atomic E-state index is 10.5. The molecule has 0 saturated heterocycles. The van der Waals surface area contributed by atoms with Gasteiger partial charge in [-0.2, -0.15) is 0 Å². The molecular weight excluding hydrogens is 254 g/mol. The van der Waals surface area contributed by atoms with E-state index in [1.54, 1.807) is 12.1 Å². The molecule has 0 aliphatic carbocycles. The summed E-state index contributed by atoms with van der Waals surface area (Å²) < 4.78 is 5.55. The molecule has 102 valence electrons. The fraction of sp³-hybridized carbons (Fsp3) is 0.125. The van der Waals surface area contributed by atoms with Crippen LogP contribution in [0.1, 0.15) is 11.1 Å². The number of ether oxygens (including phenoxy) is 1. The van der Waals surface area contributed by atoms with E-state index in [-0.39, 0.29) is 5.69 Å². The number of nitrogens with zero attached hydrogens (tertiary/aromatic N) is 1. The van der Waals surface area contributed by atoms with Gasteiger partial charge in [0.1, 0.15) is 12.4 Å². The molecule has 0 atom stereocenters. The first-order chi connectivity index (χ1) is 9.65. The molecule has 0 fully saturated rings. The van der Waals surface area contributed by atoms with Crippen LogP contribution in [-0.4, -0.2) is 11.5 Å². The zero-order valence-corrected chi connectivity index (χ0v) is 11.2. The van der Waals surface area contributed by atoms with E-state index in [0.29, 0.717) is 6.61 Å². The Morgan fingerprint density at radius 3 is 2.35 bits per heavy atom. The number of non-ortho nitro benzene ring substituents is 1. The first-order valence-corrected chi connectivity index (χ1v) is 6.25. The minimum absolute atomic E-state index is 0.0954. The summed E-state index contributed by atoms with van der Waals surface area (Å²) in [6.07, 6.45) is 3.75. The molecule has 0 bridgehead atoms. The largest absolute Gasteiger partial charge is 0.490 e. The number of hydrogen-bond donors (Lipinski definition) is 0. The predicted molar refractivity (Wildman–Crippen MR) is 78.8 cm³/mol. The van der Waals surface area contributed by atoms with E-state index >= 15 is 0 Å². The van der Waals surface area contributed by atoms with Crippen molar-refractivity contribution in [1.82, 2.24) is 0 Å². The first kappa shape index (κ1) is 13.8.